The van der Waals surface area contributed by atoms with E-state index >= 15 is 0 Å². The zero-order valence-corrected chi connectivity index (χ0v) is 11.9. The predicted molar refractivity (Wildman–Crippen MR) is 71.5 cm³/mol. The van der Waals surface area contributed by atoms with Crippen molar-refractivity contribution in [3.63, 3.8) is 0 Å². The molecule has 0 aliphatic heterocycles. The van der Waals surface area contributed by atoms with Crippen molar-refractivity contribution in [2.24, 2.45) is 5.41 Å². The molecule has 4 heteroatoms. The Bertz CT molecular complexity index is 407. The zero-order valence-electron chi connectivity index (χ0n) is 11.2. The van der Waals surface area contributed by atoms with Gasteiger partial charge in [0.25, 0.3) is 0 Å². The lowest BCUT2D eigenvalue weighted by molar-refractivity contribution is 0.367. The molecule has 96 valence electrons. The summed E-state index contributed by atoms with van der Waals surface area (Å²) < 4.78 is 2.04. The molecule has 1 N–H and O–H groups in total. The minimum absolute atomic E-state index is 0.453. The van der Waals surface area contributed by atoms with E-state index in [-0.39, 0.29) is 0 Å². The van der Waals surface area contributed by atoms with Gasteiger partial charge in [0, 0.05) is 19.0 Å². The van der Waals surface area contributed by atoms with Crippen LogP contribution in [0.25, 0.3) is 0 Å². The molecule has 0 amide bonds. The first kappa shape index (κ1) is 12.9. The van der Waals surface area contributed by atoms with Crippen LogP contribution in [0.15, 0.2) is 0 Å². The number of aromatic nitrogens is 2. The highest BCUT2D eigenvalue weighted by molar-refractivity contribution is 6.31. The van der Waals surface area contributed by atoms with Crippen molar-refractivity contribution in [1.82, 2.24) is 15.1 Å². The normalized spacial score (nSPS) is 19.4. The van der Waals surface area contributed by atoms with Crippen LogP contribution in [0.1, 0.15) is 38.1 Å². The van der Waals surface area contributed by atoms with Gasteiger partial charge < -0.3 is 5.32 Å². The zero-order chi connectivity index (χ0) is 12.6. The Morgan fingerprint density at radius 1 is 1.53 bits per heavy atom. The summed E-state index contributed by atoms with van der Waals surface area (Å²) in [5.74, 6) is 0. The number of nitrogens with zero attached hydrogens (tertiary/aromatic N) is 2. The van der Waals surface area contributed by atoms with Crippen molar-refractivity contribution in [1.29, 1.82) is 0 Å². The topological polar surface area (TPSA) is 29.9 Å². The minimum atomic E-state index is 0.453. The van der Waals surface area contributed by atoms with Crippen LogP contribution < -0.4 is 5.32 Å². The van der Waals surface area contributed by atoms with Gasteiger partial charge in [-0.15, -0.1) is 0 Å². The molecule has 1 atom stereocenters. The largest absolute Gasteiger partial charge is 0.316 e. The SMILES string of the molecule is CCn1nc(C)c(Cl)c1CC(NC)C1(C)CC1. The molecular weight excluding hydrogens is 234 g/mol. The fourth-order valence-electron chi connectivity index (χ4n) is 2.50. The van der Waals surface area contributed by atoms with Crippen LogP contribution in [0.5, 0.6) is 0 Å². The van der Waals surface area contributed by atoms with Crippen molar-refractivity contribution in [2.45, 2.75) is 52.6 Å². The quantitative estimate of drug-likeness (QED) is 0.877. The molecule has 2 rings (SSSR count). The lowest BCUT2D eigenvalue weighted by atomic mass is 9.94. The van der Waals surface area contributed by atoms with Crippen molar-refractivity contribution < 1.29 is 0 Å². The maximum absolute atomic E-state index is 6.35. The van der Waals surface area contributed by atoms with Crippen LogP contribution in [0, 0.1) is 12.3 Å². The van der Waals surface area contributed by atoms with Gasteiger partial charge in [-0.3, -0.25) is 4.68 Å². The van der Waals surface area contributed by atoms with E-state index in [0.29, 0.717) is 11.5 Å². The van der Waals surface area contributed by atoms with Crippen molar-refractivity contribution >= 4 is 11.6 Å². The van der Waals surface area contributed by atoms with Crippen LogP contribution in [-0.2, 0) is 13.0 Å². The number of nitrogens with one attached hydrogen (secondary N) is 1. The van der Waals surface area contributed by atoms with Gasteiger partial charge in [-0.25, -0.2) is 0 Å². The molecule has 0 aromatic carbocycles. The summed E-state index contributed by atoms with van der Waals surface area (Å²) in [4.78, 5) is 0. The summed E-state index contributed by atoms with van der Waals surface area (Å²) >= 11 is 6.35. The first-order valence-corrected chi connectivity index (χ1v) is 6.78. The molecule has 1 saturated carbocycles. The molecule has 1 aliphatic rings. The lowest BCUT2D eigenvalue weighted by Gasteiger charge is -2.23. The average Bonchev–Trinajstić information content (AvgIpc) is 2.99. The van der Waals surface area contributed by atoms with Gasteiger partial charge in [0.1, 0.15) is 0 Å². The third kappa shape index (κ3) is 2.36. The molecular formula is C13H22ClN3. The van der Waals surface area contributed by atoms with E-state index in [1.807, 2.05) is 18.7 Å². The van der Waals surface area contributed by atoms with E-state index in [1.54, 1.807) is 0 Å². The van der Waals surface area contributed by atoms with Crippen LogP contribution in [-0.4, -0.2) is 22.9 Å². The molecule has 1 aromatic rings. The van der Waals surface area contributed by atoms with E-state index in [9.17, 15) is 0 Å². The standard InChI is InChI=1S/C13H22ClN3/c1-5-17-10(12(14)9(2)16-17)8-11(15-4)13(3)6-7-13/h11,15H,5-8H2,1-4H3. The molecule has 1 aliphatic carbocycles. The highest BCUT2D eigenvalue weighted by Gasteiger charge is 2.44. The van der Waals surface area contributed by atoms with E-state index in [4.69, 9.17) is 11.6 Å². The number of aryl methyl sites for hydroxylation is 2. The predicted octanol–water partition coefficient (Wildman–Crippen LogP) is 2.80. The summed E-state index contributed by atoms with van der Waals surface area (Å²) in [5, 5.41) is 8.76. The summed E-state index contributed by atoms with van der Waals surface area (Å²) in [7, 11) is 2.04. The molecule has 0 saturated heterocycles. The second kappa shape index (κ2) is 4.62. The number of likely N-dealkylation sites (N-methyl/N-ethyl adjacent to an activating group) is 1. The molecule has 0 radical (unpaired) electrons. The van der Waals surface area contributed by atoms with Crippen molar-refractivity contribution in [2.75, 3.05) is 7.05 Å². The Morgan fingerprint density at radius 3 is 2.65 bits per heavy atom. The first-order valence-electron chi connectivity index (χ1n) is 6.41. The van der Waals surface area contributed by atoms with Gasteiger partial charge in [0.2, 0.25) is 0 Å². The maximum Gasteiger partial charge on any atom is 0.0847 e. The van der Waals surface area contributed by atoms with Gasteiger partial charge in [-0.2, -0.15) is 5.10 Å². The van der Waals surface area contributed by atoms with Crippen LogP contribution >= 0.6 is 11.6 Å². The molecule has 17 heavy (non-hydrogen) atoms. The number of hydrogen-bond acceptors (Lipinski definition) is 2. The van der Waals surface area contributed by atoms with Gasteiger partial charge in [0.15, 0.2) is 0 Å². The van der Waals surface area contributed by atoms with Gasteiger partial charge in [-0.05, 0) is 39.2 Å². The van der Waals surface area contributed by atoms with Crippen molar-refractivity contribution in [3.05, 3.63) is 16.4 Å². The van der Waals surface area contributed by atoms with E-state index < -0.39 is 0 Å². The first-order chi connectivity index (χ1) is 8.01. The Kier molecular flexibility index (Phi) is 3.50. The van der Waals surface area contributed by atoms with Crippen LogP contribution in [0.2, 0.25) is 5.02 Å². The highest BCUT2D eigenvalue weighted by atomic mass is 35.5. The Hall–Kier alpha value is -0.540. The third-order valence-electron chi connectivity index (χ3n) is 4.08. The molecule has 1 aromatic heterocycles. The molecule has 1 heterocycles. The number of hydrogen-bond donors (Lipinski definition) is 1. The van der Waals surface area contributed by atoms with Gasteiger partial charge in [-0.1, -0.05) is 18.5 Å². The number of halogens is 1. The summed E-state index contributed by atoms with van der Waals surface area (Å²) in [5.41, 5.74) is 2.58. The minimum Gasteiger partial charge on any atom is -0.316 e. The van der Waals surface area contributed by atoms with Crippen molar-refractivity contribution in [3.8, 4) is 0 Å². The fourth-order valence-corrected chi connectivity index (χ4v) is 2.71. The lowest BCUT2D eigenvalue weighted by Crippen LogP contribution is -2.36. The average molecular weight is 256 g/mol. The maximum atomic E-state index is 6.35. The van der Waals surface area contributed by atoms with E-state index in [0.717, 1.165) is 23.7 Å². The second-order valence-corrected chi connectivity index (χ2v) is 5.74. The summed E-state index contributed by atoms with van der Waals surface area (Å²) in [6, 6.07) is 0.501. The van der Waals surface area contributed by atoms with Gasteiger partial charge in [0.05, 0.1) is 16.4 Å². The number of rotatable bonds is 5. The third-order valence-corrected chi connectivity index (χ3v) is 4.57. The molecule has 1 fully saturated rings. The van der Waals surface area contributed by atoms with Gasteiger partial charge >= 0.3 is 0 Å². The second-order valence-electron chi connectivity index (χ2n) is 5.36. The summed E-state index contributed by atoms with van der Waals surface area (Å²) in [6.07, 6.45) is 3.60. The van der Waals surface area contributed by atoms with Crippen LogP contribution in [0.4, 0.5) is 0 Å². The Balaban J connectivity index is 2.22. The summed E-state index contributed by atoms with van der Waals surface area (Å²) in [6.45, 7) is 7.32. The smallest absolute Gasteiger partial charge is 0.0847 e. The molecule has 0 spiro atoms. The fraction of sp³-hybridized carbons (Fsp3) is 0.769. The molecule has 0 bridgehead atoms. The monoisotopic (exact) mass is 255 g/mol. The Labute approximate surface area is 109 Å². The molecule has 3 nitrogen and oxygen atoms in total. The van der Waals surface area contributed by atoms with Crippen LogP contribution in [0.3, 0.4) is 0 Å². The van der Waals surface area contributed by atoms with E-state index in [1.165, 1.54) is 18.5 Å². The molecule has 1 unspecified atom stereocenters. The Morgan fingerprint density at radius 2 is 2.18 bits per heavy atom. The highest BCUT2D eigenvalue weighted by Crippen LogP contribution is 2.49. The van der Waals surface area contributed by atoms with E-state index in [2.05, 4.69) is 24.3 Å².